The lowest BCUT2D eigenvalue weighted by molar-refractivity contribution is 0.108. The largest absolute Gasteiger partial charge is 0.276 e. The van der Waals surface area contributed by atoms with Gasteiger partial charge in [0, 0.05) is 30.4 Å². The first kappa shape index (κ1) is 12.6. The highest BCUT2D eigenvalue weighted by atomic mass is 35.5. The summed E-state index contributed by atoms with van der Waals surface area (Å²) in [4.78, 5) is 11.6. The Bertz CT molecular complexity index is 748. The molecule has 20 heavy (non-hydrogen) atoms. The molecule has 5 nitrogen and oxygen atoms in total. The minimum atomic E-state index is -0.495. The molecule has 2 aromatic heterocycles. The van der Waals surface area contributed by atoms with Gasteiger partial charge in [-0.2, -0.15) is 10.2 Å². The molecule has 0 amide bonds. The molecule has 0 spiro atoms. The standard InChI is InChI=1S/C14H11ClN4O/c1-10-12(14(15)20)8-11(18-6-2-4-16-18)9-13(10)19-7-3-5-17-19/h2-9H,1H3. The van der Waals surface area contributed by atoms with Crippen LogP contribution in [-0.4, -0.2) is 24.8 Å². The van der Waals surface area contributed by atoms with Crippen LogP contribution in [0.2, 0.25) is 0 Å². The molecule has 3 aromatic rings. The van der Waals surface area contributed by atoms with Crippen molar-refractivity contribution in [3.8, 4) is 11.4 Å². The molecule has 0 atom stereocenters. The van der Waals surface area contributed by atoms with Crippen LogP contribution in [0.15, 0.2) is 49.1 Å². The van der Waals surface area contributed by atoms with Gasteiger partial charge in [0.2, 0.25) is 0 Å². The summed E-state index contributed by atoms with van der Waals surface area (Å²) in [6.07, 6.45) is 6.98. The molecule has 0 saturated carbocycles. The molecule has 3 rings (SSSR count). The van der Waals surface area contributed by atoms with Crippen molar-refractivity contribution in [3.63, 3.8) is 0 Å². The zero-order chi connectivity index (χ0) is 14.1. The van der Waals surface area contributed by atoms with Crippen molar-refractivity contribution in [1.82, 2.24) is 19.6 Å². The number of carbonyl (C=O) groups excluding carboxylic acids is 1. The van der Waals surface area contributed by atoms with Gasteiger partial charge in [-0.15, -0.1) is 0 Å². The first-order valence-corrected chi connectivity index (χ1v) is 6.39. The van der Waals surface area contributed by atoms with E-state index in [-0.39, 0.29) is 0 Å². The van der Waals surface area contributed by atoms with E-state index in [0.29, 0.717) is 5.56 Å². The highest BCUT2D eigenvalue weighted by Crippen LogP contribution is 2.23. The lowest BCUT2D eigenvalue weighted by Gasteiger charge is -2.12. The number of hydrogen-bond donors (Lipinski definition) is 0. The molecular weight excluding hydrogens is 276 g/mol. The molecule has 0 aliphatic rings. The van der Waals surface area contributed by atoms with E-state index in [1.807, 2.05) is 31.3 Å². The Morgan fingerprint density at radius 1 is 1.10 bits per heavy atom. The van der Waals surface area contributed by atoms with Crippen LogP contribution in [0.1, 0.15) is 15.9 Å². The van der Waals surface area contributed by atoms with E-state index in [9.17, 15) is 4.79 Å². The van der Waals surface area contributed by atoms with Gasteiger partial charge < -0.3 is 0 Å². The van der Waals surface area contributed by atoms with Gasteiger partial charge >= 0.3 is 0 Å². The summed E-state index contributed by atoms with van der Waals surface area (Å²) >= 11 is 5.68. The SMILES string of the molecule is Cc1c(C(=O)Cl)cc(-n2cccn2)cc1-n1cccn1. The minimum Gasteiger partial charge on any atom is -0.276 e. The molecule has 6 heteroatoms. The molecular formula is C14H11ClN4O. The summed E-state index contributed by atoms with van der Waals surface area (Å²) in [7, 11) is 0. The van der Waals surface area contributed by atoms with Crippen LogP contribution in [0.5, 0.6) is 0 Å². The van der Waals surface area contributed by atoms with Crippen LogP contribution < -0.4 is 0 Å². The Hall–Kier alpha value is -2.40. The molecule has 0 fully saturated rings. The molecule has 2 heterocycles. The van der Waals surface area contributed by atoms with Crippen LogP contribution in [0.3, 0.4) is 0 Å². The normalized spacial score (nSPS) is 10.7. The highest BCUT2D eigenvalue weighted by molar-refractivity contribution is 6.68. The van der Waals surface area contributed by atoms with E-state index in [1.165, 1.54) is 0 Å². The van der Waals surface area contributed by atoms with E-state index < -0.39 is 5.24 Å². The van der Waals surface area contributed by atoms with Gasteiger partial charge in [0.05, 0.1) is 11.4 Å². The molecule has 0 saturated heterocycles. The van der Waals surface area contributed by atoms with Gasteiger partial charge in [0.1, 0.15) is 0 Å². The lowest BCUT2D eigenvalue weighted by atomic mass is 10.1. The van der Waals surface area contributed by atoms with Crippen LogP contribution in [-0.2, 0) is 0 Å². The molecule has 1 aromatic carbocycles. The first-order chi connectivity index (χ1) is 9.66. The molecule has 0 N–H and O–H groups in total. The third-order valence-corrected chi connectivity index (χ3v) is 3.30. The first-order valence-electron chi connectivity index (χ1n) is 6.01. The van der Waals surface area contributed by atoms with Gasteiger partial charge in [-0.1, -0.05) is 0 Å². The van der Waals surface area contributed by atoms with Crippen molar-refractivity contribution in [3.05, 3.63) is 60.2 Å². The van der Waals surface area contributed by atoms with Crippen molar-refractivity contribution in [2.24, 2.45) is 0 Å². The van der Waals surface area contributed by atoms with Crippen LogP contribution in [0, 0.1) is 6.92 Å². The zero-order valence-corrected chi connectivity index (χ0v) is 11.4. The van der Waals surface area contributed by atoms with Crippen LogP contribution >= 0.6 is 11.6 Å². The van der Waals surface area contributed by atoms with Crippen LogP contribution in [0.4, 0.5) is 0 Å². The Morgan fingerprint density at radius 3 is 2.30 bits per heavy atom. The molecule has 0 unspecified atom stereocenters. The van der Waals surface area contributed by atoms with Crippen LogP contribution in [0.25, 0.3) is 11.4 Å². The van der Waals surface area contributed by atoms with E-state index in [0.717, 1.165) is 16.9 Å². The smallest absolute Gasteiger partial charge is 0.252 e. The fourth-order valence-electron chi connectivity index (χ4n) is 2.09. The summed E-state index contributed by atoms with van der Waals surface area (Å²) in [6, 6.07) is 7.28. The van der Waals surface area contributed by atoms with Gasteiger partial charge in [-0.25, -0.2) is 9.36 Å². The fourth-order valence-corrected chi connectivity index (χ4v) is 2.29. The summed E-state index contributed by atoms with van der Waals surface area (Å²) in [5, 5.41) is 7.88. The highest BCUT2D eigenvalue weighted by Gasteiger charge is 2.14. The van der Waals surface area contributed by atoms with Gasteiger partial charge in [-0.3, -0.25) is 4.79 Å². The van der Waals surface area contributed by atoms with Crippen molar-refractivity contribution >= 4 is 16.8 Å². The van der Waals surface area contributed by atoms with Gasteiger partial charge in [0.25, 0.3) is 5.24 Å². The molecule has 0 bridgehead atoms. The van der Waals surface area contributed by atoms with E-state index in [1.54, 1.807) is 34.0 Å². The molecule has 0 aliphatic carbocycles. The molecule has 0 radical (unpaired) electrons. The minimum absolute atomic E-state index is 0.449. The molecule has 100 valence electrons. The second-order valence-corrected chi connectivity index (χ2v) is 4.66. The summed E-state index contributed by atoms with van der Waals surface area (Å²) in [5.41, 5.74) is 2.79. The predicted octanol–water partition coefficient (Wildman–Crippen LogP) is 2.75. The summed E-state index contributed by atoms with van der Waals surface area (Å²) in [5.74, 6) is 0. The Labute approximate surface area is 120 Å². The number of hydrogen-bond acceptors (Lipinski definition) is 3. The molecule has 0 aliphatic heterocycles. The maximum Gasteiger partial charge on any atom is 0.252 e. The predicted molar refractivity (Wildman–Crippen MR) is 75.6 cm³/mol. The van der Waals surface area contributed by atoms with Gasteiger partial charge in [0.15, 0.2) is 0 Å². The maximum atomic E-state index is 11.6. The second kappa shape index (κ2) is 4.94. The Kier molecular flexibility index (Phi) is 3.12. The lowest BCUT2D eigenvalue weighted by Crippen LogP contribution is -2.06. The third-order valence-electron chi connectivity index (χ3n) is 3.10. The monoisotopic (exact) mass is 286 g/mol. The quantitative estimate of drug-likeness (QED) is 0.696. The topological polar surface area (TPSA) is 52.7 Å². The van der Waals surface area contributed by atoms with E-state index in [2.05, 4.69) is 10.2 Å². The van der Waals surface area contributed by atoms with E-state index >= 15 is 0 Å². The Morgan fingerprint density at radius 2 is 1.75 bits per heavy atom. The Balaban J connectivity index is 2.26. The fraction of sp³-hybridized carbons (Fsp3) is 0.0714. The number of nitrogens with zero attached hydrogens (tertiary/aromatic N) is 4. The number of aromatic nitrogens is 4. The van der Waals surface area contributed by atoms with Crippen molar-refractivity contribution < 1.29 is 4.79 Å². The summed E-state index contributed by atoms with van der Waals surface area (Å²) < 4.78 is 3.38. The zero-order valence-electron chi connectivity index (χ0n) is 10.7. The van der Waals surface area contributed by atoms with Crippen molar-refractivity contribution in [1.29, 1.82) is 0 Å². The van der Waals surface area contributed by atoms with Gasteiger partial charge in [-0.05, 0) is 48.4 Å². The number of benzene rings is 1. The second-order valence-electron chi connectivity index (χ2n) is 4.31. The maximum absolute atomic E-state index is 11.6. The van der Waals surface area contributed by atoms with E-state index in [4.69, 9.17) is 11.6 Å². The third kappa shape index (κ3) is 2.12. The number of carbonyl (C=O) groups is 1. The summed E-state index contributed by atoms with van der Waals surface area (Å²) in [6.45, 7) is 1.85. The number of halogens is 1. The number of rotatable bonds is 3. The van der Waals surface area contributed by atoms with Crippen molar-refractivity contribution in [2.75, 3.05) is 0 Å². The van der Waals surface area contributed by atoms with Crippen molar-refractivity contribution in [2.45, 2.75) is 6.92 Å². The average Bonchev–Trinajstić information content (AvgIpc) is 3.12. The average molecular weight is 287 g/mol.